The zero-order valence-electron chi connectivity index (χ0n) is 42.2. The summed E-state index contributed by atoms with van der Waals surface area (Å²) in [6, 6.07) is 62.5. The first-order valence-electron chi connectivity index (χ1n) is 25.7. The summed E-state index contributed by atoms with van der Waals surface area (Å²) < 4.78 is 6.99. The molecule has 13 rings (SSSR count). The van der Waals surface area contributed by atoms with Crippen molar-refractivity contribution in [3.8, 4) is 11.1 Å². The standard InChI is InChI=1S/C65H62BN3O/c1-41-36-57-60-58(37-41)68(55-22-17-21-49-48-20-13-14-23-59(48)70-61(49)55)56-40-47(69-53-32-24-43(42-18-11-10-12-19-42)38-50(53)64(8)34-15-16-35-65(64,69)9)30-31-51(56)66(60)52-39-45(63(5,6)7)27-33-54(52)67(57)46-28-25-44(26-29-46)62(2,3)4/h10-14,17-33,36-40H,15-16,34-35H2,1-9H3. The third-order valence-electron chi connectivity index (χ3n) is 17.1. The van der Waals surface area contributed by atoms with Crippen molar-refractivity contribution in [1.82, 2.24) is 0 Å². The van der Waals surface area contributed by atoms with Gasteiger partial charge in [0.1, 0.15) is 5.58 Å². The topological polar surface area (TPSA) is 22.9 Å². The smallest absolute Gasteiger partial charge is 0.252 e. The first kappa shape index (κ1) is 43.1. The maximum Gasteiger partial charge on any atom is 0.252 e. The van der Waals surface area contributed by atoms with Gasteiger partial charge in [0.2, 0.25) is 0 Å². The highest BCUT2D eigenvalue weighted by Gasteiger charge is 2.58. The minimum absolute atomic E-state index is 0.0157. The highest BCUT2D eigenvalue weighted by molar-refractivity contribution is 7.00. The van der Waals surface area contributed by atoms with Crippen molar-refractivity contribution in [3.63, 3.8) is 0 Å². The highest BCUT2D eigenvalue weighted by atomic mass is 16.3. The van der Waals surface area contributed by atoms with Crippen molar-refractivity contribution in [2.75, 3.05) is 14.7 Å². The summed E-state index contributed by atoms with van der Waals surface area (Å²) in [7, 11) is 0. The Morgan fingerprint density at radius 2 is 1.17 bits per heavy atom. The van der Waals surface area contributed by atoms with Crippen LogP contribution in [0.4, 0.5) is 45.5 Å². The lowest BCUT2D eigenvalue weighted by Crippen LogP contribution is -2.61. The van der Waals surface area contributed by atoms with Gasteiger partial charge in [-0.05, 0) is 154 Å². The van der Waals surface area contributed by atoms with E-state index in [1.165, 1.54) is 102 Å². The Hall–Kier alpha value is -6.98. The molecule has 0 N–H and O–H groups in total. The number of nitrogens with zero attached hydrogens (tertiary/aromatic N) is 3. The second-order valence-corrected chi connectivity index (χ2v) is 23.4. The fourth-order valence-corrected chi connectivity index (χ4v) is 13.2. The molecule has 1 aromatic heterocycles. The van der Waals surface area contributed by atoms with E-state index in [1.54, 1.807) is 0 Å². The van der Waals surface area contributed by atoms with Crippen LogP contribution in [0.3, 0.4) is 0 Å². The molecule has 1 fully saturated rings. The molecular weight excluding hydrogens is 850 g/mol. The van der Waals surface area contributed by atoms with E-state index in [9.17, 15) is 0 Å². The normalized spacial score (nSPS) is 19.3. The van der Waals surface area contributed by atoms with Crippen LogP contribution in [-0.4, -0.2) is 12.3 Å². The maximum atomic E-state index is 6.99. The summed E-state index contributed by atoms with van der Waals surface area (Å²) in [5.74, 6) is 0. The van der Waals surface area contributed by atoms with Gasteiger partial charge in [0.25, 0.3) is 6.71 Å². The molecule has 4 nitrogen and oxygen atoms in total. The van der Waals surface area contributed by atoms with Gasteiger partial charge in [0, 0.05) is 56.0 Å². The third kappa shape index (κ3) is 6.15. The summed E-state index contributed by atoms with van der Waals surface area (Å²) >= 11 is 0. The van der Waals surface area contributed by atoms with Gasteiger partial charge in [-0.1, -0.05) is 158 Å². The molecule has 5 heteroatoms. The van der Waals surface area contributed by atoms with E-state index in [0.717, 1.165) is 40.5 Å². The van der Waals surface area contributed by atoms with Crippen LogP contribution in [0.1, 0.15) is 103 Å². The Labute approximate surface area is 414 Å². The molecule has 0 radical (unpaired) electrons. The summed E-state index contributed by atoms with van der Waals surface area (Å²) in [4.78, 5) is 7.87. The second kappa shape index (κ2) is 15.0. The van der Waals surface area contributed by atoms with Crippen LogP contribution in [0.25, 0.3) is 33.1 Å². The molecule has 0 amide bonds. The van der Waals surface area contributed by atoms with Crippen LogP contribution >= 0.6 is 0 Å². The lowest BCUT2D eigenvalue weighted by Gasteiger charge is -2.50. The van der Waals surface area contributed by atoms with E-state index in [1.807, 2.05) is 0 Å². The van der Waals surface area contributed by atoms with Gasteiger partial charge in [-0.25, -0.2) is 0 Å². The van der Waals surface area contributed by atoms with Crippen LogP contribution < -0.4 is 31.1 Å². The largest absolute Gasteiger partial charge is 0.454 e. The average Bonchev–Trinajstić information content (AvgIpc) is 3.83. The Morgan fingerprint density at radius 3 is 1.94 bits per heavy atom. The number of benzene rings is 8. The Morgan fingerprint density at radius 1 is 0.500 bits per heavy atom. The third-order valence-corrected chi connectivity index (χ3v) is 17.1. The number of furan rings is 1. The van der Waals surface area contributed by atoms with Gasteiger partial charge < -0.3 is 19.1 Å². The number of hydrogen-bond donors (Lipinski definition) is 0. The number of anilines is 8. The lowest BCUT2D eigenvalue weighted by molar-refractivity contribution is 0.195. The molecule has 0 bridgehead atoms. The predicted octanol–water partition coefficient (Wildman–Crippen LogP) is 16.0. The van der Waals surface area contributed by atoms with Gasteiger partial charge in [-0.2, -0.15) is 0 Å². The van der Waals surface area contributed by atoms with Gasteiger partial charge in [0.05, 0.1) is 11.2 Å². The number of para-hydroxylation sites is 2. The van der Waals surface area contributed by atoms with Crippen LogP contribution in [0.15, 0.2) is 168 Å². The van der Waals surface area contributed by atoms with Crippen molar-refractivity contribution in [2.24, 2.45) is 0 Å². The molecule has 3 aliphatic heterocycles. The van der Waals surface area contributed by atoms with Crippen molar-refractivity contribution in [1.29, 1.82) is 0 Å². The van der Waals surface area contributed by atoms with Gasteiger partial charge in [-0.15, -0.1) is 0 Å². The maximum absolute atomic E-state index is 6.99. The van der Waals surface area contributed by atoms with Crippen molar-refractivity contribution in [2.45, 2.75) is 110 Å². The molecule has 2 unspecified atom stereocenters. The molecule has 1 aliphatic carbocycles. The van der Waals surface area contributed by atoms with E-state index in [2.05, 4.69) is 241 Å². The fourth-order valence-electron chi connectivity index (χ4n) is 13.2. The van der Waals surface area contributed by atoms with Crippen molar-refractivity contribution >= 4 is 90.5 Å². The molecule has 9 aromatic rings. The van der Waals surface area contributed by atoms with Crippen LogP contribution in [-0.2, 0) is 16.2 Å². The van der Waals surface area contributed by atoms with Gasteiger partial charge in [0.15, 0.2) is 5.58 Å². The first-order valence-corrected chi connectivity index (χ1v) is 25.7. The average molecular weight is 912 g/mol. The highest BCUT2D eigenvalue weighted by Crippen LogP contribution is 2.62. The van der Waals surface area contributed by atoms with Crippen LogP contribution in [0.5, 0.6) is 0 Å². The first-order chi connectivity index (χ1) is 33.6. The molecule has 346 valence electrons. The van der Waals surface area contributed by atoms with E-state index >= 15 is 0 Å². The zero-order chi connectivity index (χ0) is 48.1. The SMILES string of the molecule is Cc1cc2c3c(c1)N(c1cccc4c1oc1ccccc14)c1cc(N4c5ccc(-c6ccccc6)cc5C5(C)CCCCC45C)ccc1B3c1cc(C(C)(C)C)ccc1N2c1ccc(C(C)(C)C)cc1. The molecule has 8 aromatic carbocycles. The van der Waals surface area contributed by atoms with E-state index in [4.69, 9.17) is 4.42 Å². The minimum Gasteiger partial charge on any atom is -0.454 e. The number of aryl methyl sites for hydroxylation is 1. The number of hydrogen-bond acceptors (Lipinski definition) is 4. The van der Waals surface area contributed by atoms with Crippen LogP contribution in [0.2, 0.25) is 0 Å². The monoisotopic (exact) mass is 911 g/mol. The molecule has 0 saturated heterocycles. The van der Waals surface area contributed by atoms with E-state index in [0.29, 0.717) is 0 Å². The molecule has 4 aliphatic rings. The molecular formula is C65H62BN3O. The fraction of sp³-hybridized carbons (Fsp3) is 0.262. The summed E-state index contributed by atoms with van der Waals surface area (Å²) in [5.41, 5.74) is 23.2. The lowest BCUT2D eigenvalue weighted by atomic mass is 9.33. The number of fused-ring (bicyclic) bond motifs is 10. The summed E-state index contributed by atoms with van der Waals surface area (Å²) in [6.45, 7) is 21.3. The number of rotatable bonds is 4. The minimum atomic E-state index is -0.126. The zero-order valence-corrected chi connectivity index (χ0v) is 42.2. The predicted molar refractivity (Wildman–Crippen MR) is 298 cm³/mol. The quantitative estimate of drug-likeness (QED) is 0.164. The van der Waals surface area contributed by atoms with Crippen LogP contribution in [0, 0.1) is 6.92 Å². The molecule has 70 heavy (non-hydrogen) atoms. The Bertz CT molecular complexity index is 3590. The van der Waals surface area contributed by atoms with Gasteiger partial charge in [-0.3, -0.25) is 0 Å². The van der Waals surface area contributed by atoms with Gasteiger partial charge >= 0.3 is 0 Å². The molecule has 4 heterocycles. The summed E-state index contributed by atoms with van der Waals surface area (Å²) in [5, 5.41) is 2.26. The second-order valence-electron chi connectivity index (χ2n) is 23.4. The van der Waals surface area contributed by atoms with Crippen molar-refractivity contribution < 1.29 is 4.42 Å². The Balaban J connectivity index is 1.09. The van der Waals surface area contributed by atoms with E-state index in [-0.39, 0.29) is 28.5 Å². The summed E-state index contributed by atoms with van der Waals surface area (Å²) in [6.07, 6.45) is 4.74. The molecule has 1 saturated carbocycles. The van der Waals surface area contributed by atoms with E-state index < -0.39 is 0 Å². The molecule has 0 spiro atoms. The molecule has 2 atom stereocenters. The van der Waals surface area contributed by atoms with Crippen molar-refractivity contribution in [3.05, 3.63) is 186 Å². The Kier molecular flexibility index (Phi) is 9.24.